The molecule has 0 aliphatic carbocycles. The van der Waals surface area contributed by atoms with E-state index in [-0.39, 0.29) is 40.2 Å². The first-order chi connectivity index (χ1) is 17.6. The maximum Gasteiger partial charge on any atom is 0.275 e. The number of nitrogens with zero attached hydrogens (tertiary/aromatic N) is 3. The van der Waals surface area contributed by atoms with Gasteiger partial charge >= 0.3 is 0 Å². The van der Waals surface area contributed by atoms with E-state index < -0.39 is 27.8 Å². The Hall–Kier alpha value is -3.88. The van der Waals surface area contributed by atoms with Crippen LogP contribution in [0, 0.1) is 11.6 Å². The summed E-state index contributed by atoms with van der Waals surface area (Å²) in [5, 5.41) is 7.69. The maximum atomic E-state index is 14.6. The summed E-state index contributed by atoms with van der Waals surface area (Å²) < 4.78 is 58.9. The number of carbonyl (C=O) groups is 1. The van der Waals surface area contributed by atoms with Crippen molar-refractivity contribution in [2.75, 3.05) is 36.1 Å². The third-order valence-electron chi connectivity index (χ3n) is 5.84. The average Bonchev–Trinajstić information content (AvgIpc) is 2.84. The Bertz CT molecular complexity index is 1430. The predicted molar refractivity (Wildman–Crippen MR) is 134 cm³/mol. The summed E-state index contributed by atoms with van der Waals surface area (Å²) in [5.41, 5.74) is 6.32. The lowest BCUT2D eigenvalue weighted by Gasteiger charge is -2.34. The monoisotopic (exact) mass is 533 g/mol. The first-order valence-corrected chi connectivity index (χ1v) is 12.7. The van der Waals surface area contributed by atoms with E-state index in [2.05, 4.69) is 20.0 Å². The number of nitrogens with one attached hydrogen (secondary N) is 2. The number of carbonyl (C=O) groups excluding carboxylic acids is 1. The lowest BCUT2D eigenvalue weighted by molar-refractivity contribution is 0.102. The second-order valence-corrected chi connectivity index (χ2v) is 9.67. The molecule has 11 nitrogen and oxygen atoms in total. The third kappa shape index (κ3) is 6.10. The number of nitrogen functional groups attached to an aromatic ring is 1. The Morgan fingerprint density at radius 3 is 2.59 bits per heavy atom. The van der Waals surface area contributed by atoms with Crippen LogP contribution in [0.15, 0.2) is 42.6 Å². The molecule has 0 atom stereocenters. The summed E-state index contributed by atoms with van der Waals surface area (Å²) >= 11 is 0. The van der Waals surface area contributed by atoms with Crippen LogP contribution in [-0.2, 0) is 10.2 Å². The number of nitrogens with two attached hydrogens (primary N) is 2. The van der Waals surface area contributed by atoms with Crippen molar-refractivity contribution < 1.29 is 26.7 Å². The molecule has 1 amide bonds. The molecule has 0 spiro atoms. The lowest BCUT2D eigenvalue weighted by atomic mass is 10.0. The number of ether oxygens (including phenoxy) is 1. The fourth-order valence-electron chi connectivity index (χ4n) is 4.14. The molecule has 1 aliphatic heterocycles. The summed E-state index contributed by atoms with van der Waals surface area (Å²) in [7, 11) is -2.47. The van der Waals surface area contributed by atoms with E-state index in [4.69, 9.17) is 15.6 Å². The zero-order chi connectivity index (χ0) is 26.7. The van der Waals surface area contributed by atoms with Crippen LogP contribution in [0.5, 0.6) is 5.75 Å². The summed E-state index contributed by atoms with van der Waals surface area (Å²) in [5.74, 6) is -1.91. The summed E-state index contributed by atoms with van der Waals surface area (Å²) in [6.45, 7) is 0.862. The Kier molecular flexibility index (Phi) is 7.52. The molecule has 37 heavy (non-hydrogen) atoms. The first-order valence-electron chi connectivity index (χ1n) is 11.2. The van der Waals surface area contributed by atoms with Crippen molar-refractivity contribution in [3.8, 4) is 17.0 Å². The molecule has 0 unspecified atom stereocenters. The van der Waals surface area contributed by atoms with E-state index in [0.29, 0.717) is 31.6 Å². The third-order valence-corrected chi connectivity index (χ3v) is 6.50. The molecular formula is C23H25F2N7O4S. The number of hydrogen-bond acceptors (Lipinski definition) is 8. The minimum atomic E-state index is -3.83. The van der Waals surface area contributed by atoms with E-state index in [1.165, 1.54) is 37.4 Å². The van der Waals surface area contributed by atoms with E-state index in [1.54, 1.807) is 0 Å². The second-order valence-electron chi connectivity index (χ2n) is 8.35. The van der Waals surface area contributed by atoms with Gasteiger partial charge < -0.3 is 20.7 Å². The van der Waals surface area contributed by atoms with Crippen molar-refractivity contribution in [2.24, 2.45) is 5.14 Å². The van der Waals surface area contributed by atoms with Crippen molar-refractivity contribution in [1.29, 1.82) is 0 Å². The van der Waals surface area contributed by atoms with Gasteiger partial charge in [-0.25, -0.2) is 23.9 Å². The highest BCUT2D eigenvalue weighted by atomic mass is 32.2. The van der Waals surface area contributed by atoms with Gasteiger partial charge in [0.15, 0.2) is 0 Å². The van der Waals surface area contributed by atoms with Crippen molar-refractivity contribution in [2.45, 2.75) is 18.9 Å². The van der Waals surface area contributed by atoms with Gasteiger partial charge in [0.25, 0.3) is 16.1 Å². The molecule has 14 heteroatoms. The fraction of sp³-hybridized carbons (Fsp3) is 0.261. The first kappa shape index (κ1) is 26.2. The number of benzene rings is 2. The van der Waals surface area contributed by atoms with Crippen molar-refractivity contribution >= 4 is 33.3 Å². The second kappa shape index (κ2) is 10.6. The molecule has 1 aliphatic rings. The van der Waals surface area contributed by atoms with Crippen molar-refractivity contribution in [3.05, 3.63) is 59.9 Å². The van der Waals surface area contributed by atoms with Crippen LogP contribution in [0.25, 0.3) is 11.3 Å². The van der Waals surface area contributed by atoms with E-state index in [9.17, 15) is 22.0 Å². The average molecular weight is 534 g/mol. The molecule has 4 rings (SSSR count). The van der Waals surface area contributed by atoms with Gasteiger partial charge in [0.2, 0.25) is 0 Å². The number of anilines is 3. The summed E-state index contributed by atoms with van der Waals surface area (Å²) in [4.78, 5) is 23.2. The number of amides is 1. The van der Waals surface area contributed by atoms with E-state index in [1.807, 2.05) is 4.90 Å². The van der Waals surface area contributed by atoms with Gasteiger partial charge in [-0.1, -0.05) is 6.07 Å². The quantitative estimate of drug-likeness (QED) is 0.358. The van der Waals surface area contributed by atoms with E-state index >= 15 is 0 Å². The minimum Gasteiger partial charge on any atom is -0.496 e. The highest BCUT2D eigenvalue weighted by Crippen LogP contribution is 2.34. The molecule has 0 saturated carbocycles. The summed E-state index contributed by atoms with van der Waals surface area (Å²) in [6, 6.07) is 7.78. The fourth-order valence-corrected chi connectivity index (χ4v) is 4.84. The molecule has 0 bridgehead atoms. The SMILES string of the molecule is COc1cccc(F)c1-c1nc(C(=O)Nc2cc(F)ccc2N2CCC(NS(N)(=O)=O)CC2)cnc1N. The maximum absolute atomic E-state index is 14.6. The molecule has 0 radical (unpaired) electrons. The number of methoxy groups -OCH3 is 1. The number of aromatic nitrogens is 2. The number of hydrogen-bond donors (Lipinski definition) is 4. The molecule has 2 heterocycles. The van der Waals surface area contributed by atoms with Crippen LogP contribution in [0.2, 0.25) is 0 Å². The molecule has 6 N–H and O–H groups in total. The van der Waals surface area contributed by atoms with Gasteiger partial charge in [0.05, 0.1) is 30.2 Å². The zero-order valence-corrected chi connectivity index (χ0v) is 20.6. The van der Waals surface area contributed by atoms with E-state index in [0.717, 1.165) is 12.3 Å². The molecule has 196 valence electrons. The predicted octanol–water partition coefficient (Wildman–Crippen LogP) is 2.03. The molecule has 2 aromatic carbocycles. The number of piperidine rings is 1. The standard InChI is InChI=1S/C23H25F2N7O4S/c1-36-19-4-2-3-15(25)20(19)21-22(26)28-12-17(29-21)23(33)30-16-11-13(24)5-6-18(16)32-9-7-14(8-10-32)31-37(27,34)35/h2-6,11-12,14,31H,7-10H2,1H3,(H2,26,28)(H,30,33)(H2,27,34,35). The van der Waals surface area contributed by atoms with Crippen LogP contribution >= 0.6 is 0 Å². The Morgan fingerprint density at radius 2 is 1.92 bits per heavy atom. The highest BCUT2D eigenvalue weighted by molar-refractivity contribution is 7.87. The van der Waals surface area contributed by atoms with Crippen molar-refractivity contribution in [3.63, 3.8) is 0 Å². The zero-order valence-electron chi connectivity index (χ0n) is 19.7. The van der Waals surface area contributed by atoms with Gasteiger partial charge in [-0.05, 0) is 43.2 Å². The van der Waals surface area contributed by atoms with Gasteiger partial charge in [-0.3, -0.25) is 4.79 Å². The van der Waals surface area contributed by atoms with Crippen LogP contribution in [0.1, 0.15) is 23.3 Å². The molecular weight excluding hydrogens is 508 g/mol. The largest absolute Gasteiger partial charge is 0.496 e. The Labute approximate surface area is 212 Å². The Morgan fingerprint density at radius 1 is 1.19 bits per heavy atom. The lowest BCUT2D eigenvalue weighted by Crippen LogP contribution is -2.46. The topological polar surface area (TPSA) is 166 Å². The molecule has 1 saturated heterocycles. The van der Waals surface area contributed by atoms with Gasteiger partial charge in [0.1, 0.15) is 34.6 Å². The molecule has 1 fully saturated rings. The Balaban J connectivity index is 1.59. The van der Waals surface area contributed by atoms with Crippen LogP contribution < -0.4 is 30.5 Å². The number of halogens is 2. The normalized spacial score (nSPS) is 14.4. The van der Waals surface area contributed by atoms with Gasteiger partial charge in [0, 0.05) is 19.1 Å². The van der Waals surface area contributed by atoms with Gasteiger partial charge in [-0.15, -0.1) is 0 Å². The summed E-state index contributed by atoms with van der Waals surface area (Å²) in [6.07, 6.45) is 2.04. The minimum absolute atomic E-state index is 0.0490. The van der Waals surface area contributed by atoms with Gasteiger partial charge in [-0.2, -0.15) is 13.1 Å². The molecule has 1 aromatic heterocycles. The smallest absolute Gasteiger partial charge is 0.275 e. The van der Waals surface area contributed by atoms with Crippen LogP contribution in [0.3, 0.4) is 0 Å². The highest BCUT2D eigenvalue weighted by Gasteiger charge is 2.25. The van der Waals surface area contributed by atoms with Crippen molar-refractivity contribution in [1.82, 2.24) is 14.7 Å². The molecule has 3 aromatic rings. The van der Waals surface area contributed by atoms with Crippen LogP contribution in [0.4, 0.5) is 26.0 Å². The van der Waals surface area contributed by atoms with Crippen LogP contribution in [-0.4, -0.2) is 50.5 Å². The number of rotatable bonds is 7.